The summed E-state index contributed by atoms with van der Waals surface area (Å²) in [6.45, 7) is 5.88. The maximum atomic E-state index is 12.7. The Kier molecular flexibility index (Phi) is 4.66. The molecule has 0 radical (unpaired) electrons. The number of hydrogen-bond donors (Lipinski definition) is 0. The lowest BCUT2D eigenvalue weighted by Crippen LogP contribution is -2.48. The molecule has 0 atom stereocenters. The predicted molar refractivity (Wildman–Crippen MR) is 101 cm³/mol. The summed E-state index contributed by atoms with van der Waals surface area (Å²) >= 11 is 5.83. The molecule has 0 saturated carbocycles. The summed E-state index contributed by atoms with van der Waals surface area (Å²) in [4.78, 5) is 21.0. The van der Waals surface area contributed by atoms with Crippen molar-refractivity contribution in [3.63, 3.8) is 0 Å². The highest BCUT2D eigenvalue weighted by Gasteiger charge is 2.24. The molecule has 0 N–H and O–H groups in total. The Morgan fingerprint density at radius 2 is 1.96 bits per heavy atom. The fourth-order valence-electron chi connectivity index (χ4n) is 3.29. The standard InChI is InChI=1S/C20H20ClN3O2/c1-14-2-4-17-16(10-14)11-18(26-17)20(25)24-8-6-23(7-9-24)13-15-3-5-19(21)22-12-15/h2-5,10-12H,6-9,13H2,1H3. The number of rotatable bonds is 3. The topological polar surface area (TPSA) is 49.6 Å². The third-order valence-electron chi connectivity index (χ3n) is 4.74. The van der Waals surface area contributed by atoms with Gasteiger partial charge in [-0.1, -0.05) is 29.3 Å². The molecule has 1 aliphatic rings. The molecule has 0 unspecified atom stereocenters. The lowest BCUT2D eigenvalue weighted by molar-refractivity contribution is 0.0600. The number of piperazine rings is 1. The number of amides is 1. The van der Waals surface area contributed by atoms with Crippen molar-refractivity contribution in [2.45, 2.75) is 13.5 Å². The number of hydrogen-bond acceptors (Lipinski definition) is 4. The van der Waals surface area contributed by atoms with Gasteiger partial charge in [0, 0.05) is 44.3 Å². The van der Waals surface area contributed by atoms with Gasteiger partial charge >= 0.3 is 0 Å². The summed E-state index contributed by atoms with van der Waals surface area (Å²) in [5, 5.41) is 1.48. The molecule has 3 aromatic rings. The minimum Gasteiger partial charge on any atom is -0.451 e. The van der Waals surface area contributed by atoms with E-state index in [0.29, 0.717) is 24.0 Å². The zero-order valence-corrected chi connectivity index (χ0v) is 15.4. The Balaban J connectivity index is 1.38. The Bertz CT molecular complexity index is 928. The van der Waals surface area contributed by atoms with Crippen LogP contribution in [0.15, 0.2) is 47.0 Å². The molecule has 1 fully saturated rings. The van der Waals surface area contributed by atoms with Crippen molar-refractivity contribution < 1.29 is 9.21 Å². The normalized spacial score (nSPS) is 15.5. The number of aromatic nitrogens is 1. The van der Waals surface area contributed by atoms with Crippen LogP contribution in [0.1, 0.15) is 21.7 Å². The second kappa shape index (κ2) is 7.09. The predicted octanol–water partition coefficient (Wildman–Crippen LogP) is 3.75. The zero-order valence-electron chi connectivity index (χ0n) is 14.6. The van der Waals surface area contributed by atoms with Gasteiger partial charge in [-0.25, -0.2) is 4.98 Å². The zero-order chi connectivity index (χ0) is 18.1. The van der Waals surface area contributed by atoms with Crippen LogP contribution < -0.4 is 0 Å². The highest BCUT2D eigenvalue weighted by molar-refractivity contribution is 6.29. The molecule has 0 bridgehead atoms. The summed E-state index contributed by atoms with van der Waals surface area (Å²) in [5.74, 6) is 0.382. The maximum absolute atomic E-state index is 12.7. The highest BCUT2D eigenvalue weighted by Crippen LogP contribution is 2.22. The second-order valence-corrected chi connectivity index (χ2v) is 7.10. The van der Waals surface area contributed by atoms with E-state index in [-0.39, 0.29) is 5.91 Å². The number of nitrogens with zero attached hydrogens (tertiary/aromatic N) is 3. The molecule has 26 heavy (non-hydrogen) atoms. The van der Waals surface area contributed by atoms with Gasteiger partial charge in [0.25, 0.3) is 5.91 Å². The van der Waals surface area contributed by atoms with Crippen LogP contribution in [0, 0.1) is 6.92 Å². The van der Waals surface area contributed by atoms with E-state index >= 15 is 0 Å². The summed E-state index contributed by atoms with van der Waals surface area (Å²) in [6.07, 6.45) is 1.80. The van der Waals surface area contributed by atoms with Crippen LogP contribution in [-0.4, -0.2) is 46.9 Å². The van der Waals surface area contributed by atoms with Gasteiger partial charge in [0.15, 0.2) is 5.76 Å². The van der Waals surface area contributed by atoms with Crippen molar-refractivity contribution in [1.82, 2.24) is 14.8 Å². The average Bonchev–Trinajstić information content (AvgIpc) is 3.07. The molecule has 134 valence electrons. The summed E-state index contributed by atoms with van der Waals surface area (Å²) in [5.41, 5.74) is 3.04. The van der Waals surface area contributed by atoms with Crippen LogP contribution in [0.2, 0.25) is 5.15 Å². The Hall–Kier alpha value is -2.37. The van der Waals surface area contributed by atoms with E-state index in [9.17, 15) is 4.79 Å². The summed E-state index contributed by atoms with van der Waals surface area (Å²) < 4.78 is 5.75. The molecule has 0 aliphatic carbocycles. The molecule has 2 aromatic heterocycles. The Morgan fingerprint density at radius 3 is 2.69 bits per heavy atom. The fraction of sp³-hybridized carbons (Fsp3) is 0.300. The molecule has 1 amide bonds. The van der Waals surface area contributed by atoms with Gasteiger partial charge in [0.2, 0.25) is 0 Å². The van der Waals surface area contributed by atoms with Crippen molar-refractivity contribution in [2.24, 2.45) is 0 Å². The van der Waals surface area contributed by atoms with Gasteiger partial charge in [-0.2, -0.15) is 0 Å². The lowest BCUT2D eigenvalue weighted by atomic mass is 10.2. The van der Waals surface area contributed by atoms with Crippen LogP contribution in [-0.2, 0) is 6.54 Å². The molecular weight excluding hydrogens is 350 g/mol. The second-order valence-electron chi connectivity index (χ2n) is 6.71. The van der Waals surface area contributed by atoms with E-state index < -0.39 is 0 Å². The molecule has 0 spiro atoms. The van der Waals surface area contributed by atoms with Crippen molar-refractivity contribution in [1.29, 1.82) is 0 Å². The SMILES string of the molecule is Cc1ccc2oc(C(=O)N3CCN(Cc4ccc(Cl)nc4)CC3)cc2c1. The number of aryl methyl sites for hydroxylation is 1. The quantitative estimate of drug-likeness (QED) is 0.660. The monoisotopic (exact) mass is 369 g/mol. The molecule has 6 heteroatoms. The molecule has 3 heterocycles. The van der Waals surface area contributed by atoms with Crippen molar-refractivity contribution >= 4 is 28.5 Å². The van der Waals surface area contributed by atoms with Crippen LogP contribution in [0.25, 0.3) is 11.0 Å². The molecule has 5 nitrogen and oxygen atoms in total. The van der Waals surface area contributed by atoms with E-state index in [1.807, 2.05) is 42.2 Å². The number of carbonyl (C=O) groups is 1. The summed E-state index contributed by atoms with van der Waals surface area (Å²) in [7, 11) is 0. The number of halogens is 1. The van der Waals surface area contributed by atoms with Gasteiger partial charge in [-0.15, -0.1) is 0 Å². The van der Waals surface area contributed by atoms with Gasteiger partial charge < -0.3 is 9.32 Å². The van der Waals surface area contributed by atoms with Crippen LogP contribution in [0.3, 0.4) is 0 Å². The van der Waals surface area contributed by atoms with Gasteiger partial charge in [-0.3, -0.25) is 9.69 Å². The minimum absolute atomic E-state index is 0.0355. The summed E-state index contributed by atoms with van der Waals surface area (Å²) in [6, 6.07) is 11.6. The first-order valence-corrected chi connectivity index (χ1v) is 9.08. The first-order valence-electron chi connectivity index (χ1n) is 8.71. The van der Waals surface area contributed by atoms with Crippen molar-refractivity contribution in [3.05, 3.63) is 64.6 Å². The van der Waals surface area contributed by atoms with Crippen molar-refractivity contribution in [2.75, 3.05) is 26.2 Å². The number of pyridine rings is 1. The molecule has 4 rings (SSSR count). The van der Waals surface area contributed by atoms with E-state index in [4.69, 9.17) is 16.0 Å². The average molecular weight is 370 g/mol. The Labute approximate surface area is 157 Å². The largest absolute Gasteiger partial charge is 0.451 e. The number of carbonyl (C=O) groups excluding carboxylic acids is 1. The van der Waals surface area contributed by atoms with Crippen LogP contribution >= 0.6 is 11.6 Å². The van der Waals surface area contributed by atoms with Crippen LogP contribution in [0.5, 0.6) is 0 Å². The first kappa shape index (κ1) is 17.1. The lowest BCUT2D eigenvalue weighted by Gasteiger charge is -2.34. The molecular formula is C20H20ClN3O2. The van der Waals surface area contributed by atoms with Gasteiger partial charge in [0.1, 0.15) is 10.7 Å². The van der Waals surface area contributed by atoms with E-state index in [1.165, 1.54) is 0 Å². The number of furan rings is 1. The minimum atomic E-state index is -0.0355. The third-order valence-corrected chi connectivity index (χ3v) is 4.96. The molecule has 1 saturated heterocycles. The van der Waals surface area contributed by atoms with Crippen LogP contribution in [0.4, 0.5) is 0 Å². The number of fused-ring (bicyclic) bond motifs is 1. The van der Waals surface area contributed by atoms with Gasteiger partial charge in [0.05, 0.1) is 0 Å². The maximum Gasteiger partial charge on any atom is 0.289 e. The number of benzene rings is 1. The van der Waals surface area contributed by atoms with Crippen molar-refractivity contribution in [3.8, 4) is 0 Å². The third kappa shape index (κ3) is 3.59. The fourth-order valence-corrected chi connectivity index (χ4v) is 3.40. The molecule has 1 aliphatic heterocycles. The van der Waals surface area contributed by atoms with E-state index in [1.54, 1.807) is 12.3 Å². The molecule has 1 aromatic carbocycles. The Morgan fingerprint density at radius 1 is 1.15 bits per heavy atom. The first-order chi connectivity index (χ1) is 12.6. The van der Waals surface area contributed by atoms with Gasteiger partial charge in [-0.05, 0) is 36.8 Å². The smallest absolute Gasteiger partial charge is 0.289 e. The van der Waals surface area contributed by atoms with E-state index in [0.717, 1.165) is 41.7 Å². The highest BCUT2D eigenvalue weighted by atomic mass is 35.5. The van der Waals surface area contributed by atoms with E-state index in [2.05, 4.69) is 9.88 Å².